The highest BCUT2D eigenvalue weighted by molar-refractivity contribution is 5.95. The first-order chi connectivity index (χ1) is 11.3. The van der Waals surface area contributed by atoms with E-state index in [1.165, 1.54) is 12.2 Å². The minimum atomic E-state index is -4.71. The number of allylic oxidation sites excluding steroid dienone is 4. The number of hydrogen-bond donors (Lipinski definition) is 2. The van der Waals surface area contributed by atoms with Gasteiger partial charge in [-0.2, -0.15) is 13.2 Å². The van der Waals surface area contributed by atoms with E-state index < -0.39 is 42.5 Å². The summed E-state index contributed by atoms with van der Waals surface area (Å²) in [4.78, 5) is 10.6. The van der Waals surface area contributed by atoms with Crippen LogP contribution in [-0.4, -0.2) is 28.2 Å². The Kier molecular flexibility index (Phi) is 5.11. The Labute approximate surface area is 136 Å². The van der Waals surface area contributed by atoms with E-state index in [2.05, 4.69) is 5.16 Å². The predicted molar refractivity (Wildman–Crippen MR) is 82.8 cm³/mol. The predicted octanol–water partition coefficient (Wildman–Crippen LogP) is 4.27. The summed E-state index contributed by atoms with van der Waals surface area (Å²) in [6.07, 6.45) is -2.47. The molecule has 0 saturated heterocycles. The first-order valence-corrected chi connectivity index (χ1v) is 7.25. The highest BCUT2D eigenvalue weighted by Gasteiger charge is 2.56. The molecular weight excluding hydrogens is 323 g/mol. The van der Waals surface area contributed by atoms with Gasteiger partial charge in [0.05, 0.1) is 12.1 Å². The van der Waals surface area contributed by atoms with Gasteiger partial charge in [-0.15, -0.1) is 0 Å². The van der Waals surface area contributed by atoms with Crippen molar-refractivity contribution in [2.24, 2.45) is 10.6 Å². The molecule has 0 fully saturated rings. The topological polar surface area (TPSA) is 69.9 Å². The minimum Gasteiger partial charge on any atom is -0.481 e. The summed E-state index contributed by atoms with van der Waals surface area (Å²) < 4.78 is 41.0. The Morgan fingerprint density at radius 3 is 2.33 bits per heavy atom. The molecule has 1 atom stereocenters. The molecule has 0 spiro atoms. The van der Waals surface area contributed by atoms with Gasteiger partial charge in [0, 0.05) is 6.42 Å². The summed E-state index contributed by atoms with van der Waals surface area (Å²) in [5.41, 5.74) is -1.68. The summed E-state index contributed by atoms with van der Waals surface area (Å²) in [6, 6.07) is 8.93. The minimum absolute atomic E-state index is 0.448. The quantitative estimate of drug-likeness (QED) is 0.478. The molecule has 7 heteroatoms. The molecule has 128 valence electrons. The number of oxime groups is 1. The molecule has 2 rings (SSSR count). The van der Waals surface area contributed by atoms with Gasteiger partial charge in [-0.05, 0) is 17.6 Å². The van der Waals surface area contributed by atoms with Crippen molar-refractivity contribution in [2.75, 3.05) is 0 Å². The highest BCUT2D eigenvalue weighted by atomic mass is 19.4. The lowest BCUT2D eigenvalue weighted by Crippen LogP contribution is -2.44. The van der Waals surface area contributed by atoms with E-state index in [0.29, 0.717) is 5.57 Å². The molecule has 0 radical (unpaired) electrons. The van der Waals surface area contributed by atoms with Crippen molar-refractivity contribution < 1.29 is 28.3 Å². The lowest BCUT2D eigenvalue weighted by atomic mass is 9.73. The SMILES string of the molecule is O=C(O)CCC(=NO)C1(C(F)(F)F)C=CC(c2ccccc2)=CC1. The Bertz CT molecular complexity index is 693. The molecule has 0 saturated carbocycles. The van der Waals surface area contributed by atoms with Crippen LogP contribution in [0.25, 0.3) is 5.57 Å². The molecule has 1 unspecified atom stereocenters. The molecule has 1 aromatic carbocycles. The maximum atomic E-state index is 13.7. The summed E-state index contributed by atoms with van der Waals surface area (Å²) in [5.74, 6) is -1.26. The summed E-state index contributed by atoms with van der Waals surface area (Å²) in [6.45, 7) is 0. The third-order valence-corrected chi connectivity index (χ3v) is 4.02. The zero-order valence-corrected chi connectivity index (χ0v) is 12.6. The van der Waals surface area contributed by atoms with Crippen molar-refractivity contribution in [3.05, 3.63) is 54.1 Å². The highest BCUT2D eigenvalue weighted by Crippen LogP contribution is 2.48. The molecule has 2 N–H and O–H groups in total. The van der Waals surface area contributed by atoms with Crippen LogP contribution in [-0.2, 0) is 4.79 Å². The van der Waals surface area contributed by atoms with Gasteiger partial charge in [0.2, 0.25) is 0 Å². The Morgan fingerprint density at radius 2 is 1.88 bits per heavy atom. The van der Waals surface area contributed by atoms with Crippen LogP contribution in [0.15, 0.2) is 53.7 Å². The third kappa shape index (κ3) is 3.50. The molecule has 1 aromatic rings. The number of aliphatic carboxylic acids is 1. The van der Waals surface area contributed by atoms with Crippen LogP contribution in [0.5, 0.6) is 0 Å². The van der Waals surface area contributed by atoms with E-state index in [-0.39, 0.29) is 0 Å². The molecule has 0 bridgehead atoms. The van der Waals surface area contributed by atoms with E-state index in [4.69, 9.17) is 10.3 Å². The van der Waals surface area contributed by atoms with Crippen LogP contribution in [0.4, 0.5) is 13.2 Å². The van der Waals surface area contributed by atoms with Crippen molar-refractivity contribution in [1.82, 2.24) is 0 Å². The number of halogens is 3. The second kappa shape index (κ2) is 6.90. The number of hydrogen-bond acceptors (Lipinski definition) is 3. The van der Waals surface area contributed by atoms with Gasteiger partial charge >= 0.3 is 12.1 Å². The Balaban J connectivity index is 2.34. The van der Waals surface area contributed by atoms with Gasteiger partial charge < -0.3 is 10.3 Å². The molecule has 1 aliphatic carbocycles. The van der Waals surface area contributed by atoms with Crippen LogP contribution in [0.1, 0.15) is 24.8 Å². The van der Waals surface area contributed by atoms with E-state index in [9.17, 15) is 18.0 Å². The molecule has 4 nitrogen and oxygen atoms in total. The molecule has 0 amide bonds. The number of rotatable bonds is 5. The van der Waals surface area contributed by atoms with Gasteiger partial charge in [-0.3, -0.25) is 4.79 Å². The number of carboxylic acids is 1. The molecule has 1 aliphatic rings. The van der Waals surface area contributed by atoms with E-state index in [1.54, 1.807) is 30.3 Å². The number of carbonyl (C=O) groups is 1. The van der Waals surface area contributed by atoms with E-state index in [0.717, 1.165) is 11.6 Å². The van der Waals surface area contributed by atoms with Crippen molar-refractivity contribution in [3.63, 3.8) is 0 Å². The number of benzene rings is 1. The summed E-state index contributed by atoms with van der Waals surface area (Å²) in [5, 5.41) is 20.5. The third-order valence-electron chi connectivity index (χ3n) is 4.02. The van der Waals surface area contributed by atoms with Gasteiger partial charge in [0.15, 0.2) is 0 Å². The van der Waals surface area contributed by atoms with Crippen LogP contribution in [0, 0.1) is 5.41 Å². The van der Waals surface area contributed by atoms with Crippen LogP contribution < -0.4 is 0 Å². The van der Waals surface area contributed by atoms with Crippen molar-refractivity contribution in [1.29, 1.82) is 0 Å². The van der Waals surface area contributed by atoms with Crippen molar-refractivity contribution in [3.8, 4) is 0 Å². The second-order valence-electron chi connectivity index (χ2n) is 5.47. The monoisotopic (exact) mass is 339 g/mol. The number of carboxylic acid groups (broad SMARTS) is 1. The standard InChI is InChI=1S/C17H16F3NO3/c18-17(19,20)16(14(21-24)6-7-15(22)23)10-8-13(9-11-16)12-4-2-1-3-5-12/h1-5,8-10,24H,6-7,11H2,(H,22,23). The fourth-order valence-corrected chi connectivity index (χ4v) is 2.66. The largest absolute Gasteiger partial charge is 0.481 e. The van der Waals surface area contributed by atoms with E-state index in [1.807, 2.05) is 0 Å². The lowest BCUT2D eigenvalue weighted by molar-refractivity contribution is -0.182. The van der Waals surface area contributed by atoms with Gasteiger partial charge in [0.1, 0.15) is 5.41 Å². The molecule has 0 aliphatic heterocycles. The van der Waals surface area contributed by atoms with Crippen LogP contribution in [0.2, 0.25) is 0 Å². The van der Waals surface area contributed by atoms with Crippen molar-refractivity contribution >= 4 is 17.3 Å². The average Bonchev–Trinajstić information content (AvgIpc) is 2.55. The van der Waals surface area contributed by atoms with Crippen molar-refractivity contribution in [2.45, 2.75) is 25.4 Å². The van der Waals surface area contributed by atoms with Gasteiger partial charge in [0.25, 0.3) is 0 Å². The molecule has 24 heavy (non-hydrogen) atoms. The van der Waals surface area contributed by atoms with E-state index >= 15 is 0 Å². The number of nitrogens with zero attached hydrogens (tertiary/aromatic N) is 1. The zero-order valence-electron chi connectivity index (χ0n) is 12.6. The zero-order chi connectivity index (χ0) is 17.8. The van der Waals surface area contributed by atoms with Gasteiger partial charge in [-0.1, -0.05) is 53.7 Å². The molecular formula is C17H16F3NO3. The Morgan fingerprint density at radius 1 is 1.21 bits per heavy atom. The van der Waals surface area contributed by atoms with Gasteiger partial charge in [-0.25, -0.2) is 0 Å². The summed E-state index contributed by atoms with van der Waals surface area (Å²) in [7, 11) is 0. The fourth-order valence-electron chi connectivity index (χ4n) is 2.66. The normalized spacial score (nSPS) is 21.5. The lowest BCUT2D eigenvalue weighted by Gasteiger charge is -2.35. The molecule has 0 aromatic heterocycles. The maximum absolute atomic E-state index is 13.7. The fraction of sp³-hybridized carbons (Fsp3) is 0.294. The van der Waals surface area contributed by atoms with Crippen LogP contribution in [0.3, 0.4) is 0 Å². The second-order valence-corrected chi connectivity index (χ2v) is 5.47. The molecule has 0 heterocycles. The van der Waals surface area contributed by atoms with Crippen LogP contribution >= 0.6 is 0 Å². The maximum Gasteiger partial charge on any atom is 0.403 e. The average molecular weight is 339 g/mol. The smallest absolute Gasteiger partial charge is 0.403 e. The first-order valence-electron chi connectivity index (χ1n) is 7.25. The number of alkyl halides is 3. The summed E-state index contributed by atoms with van der Waals surface area (Å²) >= 11 is 0. The first kappa shape index (κ1) is 17.8. The Hall–Kier alpha value is -2.57.